The molecule has 1 N–H and O–H groups in total. The maximum Gasteiger partial charge on any atom is 0.255 e. The zero-order valence-electron chi connectivity index (χ0n) is 15.4. The van der Waals surface area contributed by atoms with Gasteiger partial charge in [0.25, 0.3) is 5.91 Å². The quantitative estimate of drug-likeness (QED) is 0.861. The van der Waals surface area contributed by atoms with Crippen LogP contribution < -0.4 is 10.1 Å². The summed E-state index contributed by atoms with van der Waals surface area (Å²) in [4.78, 5) is 23.0. The number of aromatic nitrogens is 2. The molecular formula is C20H26N4O2. The first-order valence-corrected chi connectivity index (χ1v) is 9.24. The molecule has 1 saturated heterocycles. The molecule has 0 radical (unpaired) electrons. The van der Waals surface area contributed by atoms with E-state index in [1.165, 1.54) is 0 Å². The second kappa shape index (κ2) is 8.65. The summed E-state index contributed by atoms with van der Waals surface area (Å²) >= 11 is 0. The summed E-state index contributed by atoms with van der Waals surface area (Å²) in [5.41, 5.74) is 0.631. The van der Waals surface area contributed by atoms with Crippen LogP contribution in [0.25, 0.3) is 0 Å². The Labute approximate surface area is 154 Å². The molecule has 0 saturated carbocycles. The first-order chi connectivity index (χ1) is 12.7. The Morgan fingerprint density at radius 1 is 1.31 bits per heavy atom. The van der Waals surface area contributed by atoms with Gasteiger partial charge in [0.1, 0.15) is 17.7 Å². The lowest BCUT2D eigenvalue weighted by molar-refractivity contribution is 0.0594. The molecule has 0 unspecified atom stereocenters. The summed E-state index contributed by atoms with van der Waals surface area (Å²) in [7, 11) is 0. The molecule has 2 aromatic rings. The molecule has 3 rings (SSSR count). The maximum absolute atomic E-state index is 12.7. The Morgan fingerprint density at radius 3 is 2.73 bits per heavy atom. The van der Waals surface area contributed by atoms with Gasteiger partial charge in [0.2, 0.25) is 0 Å². The minimum Gasteiger partial charge on any atom is -0.489 e. The van der Waals surface area contributed by atoms with Gasteiger partial charge in [0.15, 0.2) is 0 Å². The fraction of sp³-hybridized carbons (Fsp3) is 0.450. The van der Waals surface area contributed by atoms with Crippen LogP contribution in [0.4, 0.5) is 5.82 Å². The van der Waals surface area contributed by atoms with Crippen molar-refractivity contribution in [3.8, 4) is 5.75 Å². The first kappa shape index (κ1) is 18.2. The minimum absolute atomic E-state index is 0.0346. The number of carbonyl (C=O) groups excluding carboxylic acids is 1. The number of amides is 1. The molecule has 1 aliphatic heterocycles. The predicted octanol–water partition coefficient (Wildman–Crippen LogP) is 3.37. The Balaban J connectivity index is 1.51. The lowest BCUT2D eigenvalue weighted by Gasteiger charge is -2.32. The molecule has 6 nitrogen and oxygen atoms in total. The molecule has 3 heterocycles. The summed E-state index contributed by atoms with van der Waals surface area (Å²) in [6, 6.07) is 7.85. The second-order valence-corrected chi connectivity index (χ2v) is 6.68. The average Bonchev–Trinajstić information content (AvgIpc) is 2.69. The van der Waals surface area contributed by atoms with Crippen molar-refractivity contribution in [1.82, 2.24) is 14.9 Å². The zero-order chi connectivity index (χ0) is 18.4. The van der Waals surface area contributed by atoms with E-state index in [9.17, 15) is 4.79 Å². The highest BCUT2D eigenvalue weighted by Crippen LogP contribution is 2.19. The molecule has 26 heavy (non-hydrogen) atoms. The van der Waals surface area contributed by atoms with Crippen molar-refractivity contribution in [3.63, 3.8) is 0 Å². The summed E-state index contributed by atoms with van der Waals surface area (Å²) in [6.07, 6.45) is 7.90. The number of ether oxygens (including phenoxy) is 1. The minimum atomic E-state index is 0.0346. The van der Waals surface area contributed by atoms with Crippen LogP contribution in [-0.4, -0.2) is 46.0 Å². The summed E-state index contributed by atoms with van der Waals surface area (Å²) in [5, 5.41) is 3.31. The van der Waals surface area contributed by atoms with E-state index in [2.05, 4.69) is 29.1 Å². The Kier molecular flexibility index (Phi) is 6.04. The molecule has 0 aliphatic carbocycles. The van der Waals surface area contributed by atoms with E-state index in [4.69, 9.17) is 4.74 Å². The predicted molar refractivity (Wildman–Crippen MR) is 101 cm³/mol. The van der Waals surface area contributed by atoms with Gasteiger partial charge in [-0.15, -0.1) is 0 Å². The number of hydrogen-bond acceptors (Lipinski definition) is 5. The van der Waals surface area contributed by atoms with Gasteiger partial charge in [-0.25, -0.2) is 4.98 Å². The van der Waals surface area contributed by atoms with Crippen LogP contribution in [0.2, 0.25) is 0 Å². The molecule has 2 aromatic heterocycles. The summed E-state index contributed by atoms with van der Waals surface area (Å²) in [5.74, 6) is 1.62. The number of nitrogens with one attached hydrogen (secondary N) is 1. The van der Waals surface area contributed by atoms with Gasteiger partial charge in [-0.05, 0) is 37.6 Å². The van der Waals surface area contributed by atoms with Crippen molar-refractivity contribution in [3.05, 3.63) is 48.4 Å². The molecule has 1 atom stereocenters. The van der Waals surface area contributed by atoms with Crippen molar-refractivity contribution in [2.75, 3.05) is 18.4 Å². The third kappa shape index (κ3) is 4.71. The number of likely N-dealkylation sites (tertiary alicyclic amines) is 1. The topological polar surface area (TPSA) is 67.4 Å². The Morgan fingerprint density at radius 2 is 2.12 bits per heavy atom. The number of rotatable bonds is 6. The van der Waals surface area contributed by atoms with Gasteiger partial charge in [-0.3, -0.25) is 9.78 Å². The van der Waals surface area contributed by atoms with Gasteiger partial charge in [-0.1, -0.05) is 6.92 Å². The number of hydrogen-bond donors (Lipinski definition) is 1. The van der Waals surface area contributed by atoms with Gasteiger partial charge in [0, 0.05) is 44.4 Å². The van der Waals surface area contributed by atoms with Crippen LogP contribution in [-0.2, 0) is 0 Å². The largest absolute Gasteiger partial charge is 0.489 e. The highest BCUT2D eigenvalue weighted by molar-refractivity contribution is 5.94. The maximum atomic E-state index is 12.7. The molecule has 0 spiro atoms. The van der Waals surface area contributed by atoms with Gasteiger partial charge >= 0.3 is 0 Å². The van der Waals surface area contributed by atoms with Crippen LogP contribution >= 0.6 is 0 Å². The standard InChI is InChI=1S/C20H26N4O2/c1-3-15(2)23-19-7-6-16(13-22-19)20(25)24-11-8-17(9-12-24)26-18-5-4-10-21-14-18/h4-7,10,13-15,17H,3,8-9,11-12H2,1-2H3,(H,22,23)/t15-/m0/s1. The van der Waals surface area contributed by atoms with Crippen molar-refractivity contribution in [2.45, 2.75) is 45.3 Å². The highest BCUT2D eigenvalue weighted by Gasteiger charge is 2.25. The van der Waals surface area contributed by atoms with Crippen molar-refractivity contribution < 1.29 is 9.53 Å². The molecule has 1 fully saturated rings. The van der Waals surface area contributed by atoms with Crippen LogP contribution in [0, 0.1) is 0 Å². The fourth-order valence-electron chi connectivity index (χ4n) is 2.93. The van der Waals surface area contributed by atoms with Crippen LogP contribution in [0.5, 0.6) is 5.75 Å². The van der Waals surface area contributed by atoms with E-state index in [0.29, 0.717) is 24.7 Å². The van der Waals surface area contributed by atoms with Gasteiger partial charge in [-0.2, -0.15) is 0 Å². The first-order valence-electron chi connectivity index (χ1n) is 9.24. The SMILES string of the molecule is CC[C@H](C)Nc1ccc(C(=O)N2CCC(Oc3cccnc3)CC2)cn1. The number of pyridine rings is 2. The molecule has 6 heteroatoms. The van der Waals surface area contributed by atoms with E-state index in [-0.39, 0.29) is 12.0 Å². The van der Waals surface area contributed by atoms with Crippen LogP contribution in [0.1, 0.15) is 43.5 Å². The van der Waals surface area contributed by atoms with Gasteiger partial charge < -0.3 is 15.0 Å². The highest BCUT2D eigenvalue weighted by atomic mass is 16.5. The van der Waals surface area contributed by atoms with E-state index in [0.717, 1.165) is 30.8 Å². The average molecular weight is 354 g/mol. The molecular weight excluding hydrogens is 328 g/mol. The summed E-state index contributed by atoms with van der Waals surface area (Å²) in [6.45, 7) is 5.61. The third-order valence-corrected chi connectivity index (χ3v) is 4.68. The number of anilines is 1. The Hall–Kier alpha value is -2.63. The number of carbonyl (C=O) groups is 1. The molecule has 0 aromatic carbocycles. The van der Waals surface area contributed by atoms with Crippen LogP contribution in [0.3, 0.4) is 0 Å². The lowest BCUT2D eigenvalue weighted by Crippen LogP contribution is -2.41. The normalized spacial score (nSPS) is 16.2. The monoisotopic (exact) mass is 354 g/mol. The third-order valence-electron chi connectivity index (χ3n) is 4.68. The molecule has 0 bridgehead atoms. The van der Waals surface area contributed by atoms with E-state index >= 15 is 0 Å². The smallest absolute Gasteiger partial charge is 0.255 e. The van der Waals surface area contributed by atoms with Gasteiger partial charge in [0.05, 0.1) is 11.8 Å². The number of piperidine rings is 1. The van der Waals surface area contributed by atoms with Crippen molar-refractivity contribution in [1.29, 1.82) is 0 Å². The van der Waals surface area contributed by atoms with E-state index in [1.807, 2.05) is 29.2 Å². The van der Waals surface area contributed by atoms with Crippen LogP contribution in [0.15, 0.2) is 42.9 Å². The summed E-state index contributed by atoms with van der Waals surface area (Å²) < 4.78 is 5.93. The fourth-order valence-corrected chi connectivity index (χ4v) is 2.93. The Bertz CT molecular complexity index is 698. The van der Waals surface area contributed by atoms with E-state index < -0.39 is 0 Å². The van der Waals surface area contributed by atoms with E-state index in [1.54, 1.807) is 18.6 Å². The zero-order valence-corrected chi connectivity index (χ0v) is 15.4. The van der Waals surface area contributed by atoms with Crippen molar-refractivity contribution in [2.24, 2.45) is 0 Å². The van der Waals surface area contributed by atoms with Crippen molar-refractivity contribution >= 4 is 11.7 Å². The second-order valence-electron chi connectivity index (χ2n) is 6.68. The molecule has 1 amide bonds. The molecule has 1 aliphatic rings. The lowest BCUT2D eigenvalue weighted by atomic mass is 10.1. The molecule has 138 valence electrons. The number of nitrogens with zero attached hydrogens (tertiary/aromatic N) is 3.